The zero-order valence-electron chi connectivity index (χ0n) is 16.1. The number of rotatable bonds is 5. The zero-order chi connectivity index (χ0) is 19.6. The van der Waals surface area contributed by atoms with Crippen LogP contribution in [0.5, 0.6) is 5.75 Å². The van der Waals surface area contributed by atoms with E-state index in [1.807, 2.05) is 13.8 Å². The van der Waals surface area contributed by atoms with Gasteiger partial charge in [0.2, 0.25) is 5.91 Å². The van der Waals surface area contributed by atoms with Gasteiger partial charge in [0.25, 0.3) is 5.91 Å². The highest BCUT2D eigenvalue weighted by atomic mass is 16.5. The van der Waals surface area contributed by atoms with Crippen molar-refractivity contribution in [3.8, 4) is 5.75 Å². The maximum absolute atomic E-state index is 12.7. The minimum absolute atomic E-state index is 0.204. The van der Waals surface area contributed by atoms with Crippen molar-refractivity contribution in [2.45, 2.75) is 58.0 Å². The highest BCUT2D eigenvalue weighted by Gasteiger charge is 2.51. The summed E-state index contributed by atoms with van der Waals surface area (Å²) < 4.78 is 5.36. The first-order valence-corrected chi connectivity index (χ1v) is 9.28. The molecule has 3 rings (SSSR count). The Kier molecular flexibility index (Phi) is 5.34. The number of carbonyl (C=O) groups excluding carboxylic acids is 3. The molecule has 2 N–H and O–H groups in total. The van der Waals surface area contributed by atoms with Gasteiger partial charge in [-0.15, -0.1) is 0 Å². The molecule has 2 heterocycles. The molecule has 4 amide bonds. The summed E-state index contributed by atoms with van der Waals surface area (Å²) in [6, 6.07) is -0.483. The van der Waals surface area contributed by atoms with E-state index < -0.39 is 17.5 Å². The predicted octanol–water partition coefficient (Wildman–Crippen LogP) is 1.58. The van der Waals surface area contributed by atoms with Gasteiger partial charge in [0, 0.05) is 17.3 Å². The molecule has 0 aromatic carbocycles. The average Bonchev–Trinajstić information content (AvgIpc) is 2.86. The highest BCUT2D eigenvalue weighted by molar-refractivity contribution is 6.09. The van der Waals surface area contributed by atoms with E-state index in [0.29, 0.717) is 18.5 Å². The molecule has 1 saturated carbocycles. The van der Waals surface area contributed by atoms with E-state index in [1.54, 1.807) is 13.3 Å². The van der Waals surface area contributed by atoms with Crippen molar-refractivity contribution in [1.82, 2.24) is 20.5 Å². The second kappa shape index (κ2) is 7.54. The third kappa shape index (κ3) is 3.61. The first-order valence-electron chi connectivity index (χ1n) is 9.28. The maximum atomic E-state index is 12.7. The Morgan fingerprint density at radius 1 is 1.30 bits per heavy atom. The zero-order valence-corrected chi connectivity index (χ0v) is 16.1. The lowest BCUT2D eigenvalue weighted by Crippen LogP contribution is -2.49. The largest absolute Gasteiger partial charge is 0.496 e. The molecule has 2 fully saturated rings. The van der Waals surface area contributed by atoms with Gasteiger partial charge in [0.1, 0.15) is 17.8 Å². The number of pyridine rings is 1. The van der Waals surface area contributed by atoms with Crippen LogP contribution in [-0.2, 0) is 16.1 Å². The van der Waals surface area contributed by atoms with Crippen molar-refractivity contribution in [3.05, 3.63) is 23.0 Å². The maximum Gasteiger partial charge on any atom is 0.325 e. The minimum Gasteiger partial charge on any atom is -0.496 e. The molecule has 0 bridgehead atoms. The number of hydrogen-bond acceptors (Lipinski definition) is 5. The van der Waals surface area contributed by atoms with Crippen molar-refractivity contribution < 1.29 is 19.1 Å². The van der Waals surface area contributed by atoms with Crippen LogP contribution in [0.15, 0.2) is 6.20 Å². The normalized spacial score (nSPS) is 18.6. The molecule has 0 unspecified atom stereocenters. The Labute approximate surface area is 158 Å². The van der Waals surface area contributed by atoms with Gasteiger partial charge in [-0.3, -0.25) is 19.5 Å². The van der Waals surface area contributed by atoms with Crippen LogP contribution in [0.25, 0.3) is 0 Å². The van der Waals surface area contributed by atoms with Gasteiger partial charge in [-0.05, 0) is 26.7 Å². The molecule has 8 heteroatoms. The molecule has 0 radical (unpaired) electrons. The number of aromatic nitrogens is 1. The summed E-state index contributed by atoms with van der Waals surface area (Å²) in [7, 11) is 1.59. The smallest absolute Gasteiger partial charge is 0.325 e. The number of amides is 4. The monoisotopic (exact) mass is 374 g/mol. The molecule has 1 spiro atoms. The Hall–Kier alpha value is -2.64. The summed E-state index contributed by atoms with van der Waals surface area (Å²) in [5.74, 6) is 0.0587. The topological polar surface area (TPSA) is 101 Å². The summed E-state index contributed by atoms with van der Waals surface area (Å²) in [5, 5.41) is 5.55. The van der Waals surface area contributed by atoms with Crippen molar-refractivity contribution in [1.29, 1.82) is 0 Å². The molecule has 2 aliphatic rings. The number of ether oxygens (including phenoxy) is 1. The molecule has 8 nitrogen and oxygen atoms in total. The lowest BCUT2D eigenvalue weighted by molar-refractivity contribution is -0.135. The molecule has 1 aliphatic carbocycles. The first kappa shape index (κ1) is 19.1. The molecule has 1 saturated heterocycles. The standard InChI is InChI=1S/C19H26N4O4/c1-12-9-20-14(13(2)16(12)27-3)10-21-15(24)11-23-17(25)19(22-18(23)26)7-5-4-6-8-19/h9H,4-8,10-11H2,1-3H3,(H,21,24)(H,22,26). The van der Waals surface area contributed by atoms with Crippen molar-refractivity contribution in [2.24, 2.45) is 0 Å². The quantitative estimate of drug-likeness (QED) is 0.762. The van der Waals surface area contributed by atoms with Crippen LogP contribution in [0, 0.1) is 13.8 Å². The van der Waals surface area contributed by atoms with Crippen LogP contribution >= 0.6 is 0 Å². The van der Waals surface area contributed by atoms with Crippen LogP contribution in [0.4, 0.5) is 4.79 Å². The van der Waals surface area contributed by atoms with Gasteiger partial charge in [-0.1, -0.05) is 19.3 Å². The van der Waals surface area contributed by atoms with Crippen LogP contribution in [0.2, 0.25) is 0 Å². The summed E-state index contributed by atoms with van der Waals surface area (Å²) in [6.45, 7) is 3.70. The number of urea groups is 1. The molecule has 1 aromatic heterocycles. The molecule has 27 heavy (non-hydrogen) atoms. The van der Waals surface area contributed by atoms with Gasteiger partial charge in [-0.2, -0.15) is 0 Å². The van der Waals surface area contributed by atoms with E-state index >= 15 is 0 Å². The molecular weight excluding hydrogens is 348 g/mol. The second-order valence-corrected chi connectivity index (χ2v) is 7.29. The van der Waals surface area contributed by atoms with Gasteiger partial charge in [0.05, 0.1) is 19.3 Å². The number of nitrogens with zero attached hydrogens (tertiary/aromatic N) is 2. The van der Waals surface area contributed by atoms with E-state index in [1.165, 1.54) is 0 Å². The van der Waals surface area contributed by atoms with Crippen LogP contribution in [-0.4, -0.2) is 46.9 Å². The number of methoxy groups -OCH3 is 1. The number of carbonyl (C=O) groups is 3. The Morgan fingerprint density at radius 2 is 2.00 bits per heavy atom. The molecule has 1 aromatic rings. The first-order chi connectivity index (χ1) is 12.9. The lowest BCUT2D eigenvalue weighted by Gasteiger charge is -2.30. The molecule has 0 atom stereocenters. The molecule has 146 valence electrons. The fourth-order valence-corrected chi connectivity index (χ4v) is 3.95. The Bertz CT molecular complexity index is 771. The average molecular weight is 374 g/mol. The van der Waals surface area contributed by atoms with E-state index in [-0.39, 0.29) is 19.0 Å². The molecular formula is C19H26N4O4. The van der Waals surface area contributed by atoms with Crippen LogP contribution < -0.4 is 15.4 Å². The van der Waals surface area contributed by atoms with E-state index in [9.17, 15) is 14.4 Å². The van der Waals surface area contributed by atoms with E-state index in [4.69, 9.17) is 4.74 Å². The second-order valence-electron chi connectivity index (χ2n) is 7.29. The van der Waals surface area contributed by atoms with Gasteiger partial charge < -0.3 is 15.4 Å². The lowest BCUT2D eigenvalue weighted by atomic mass is 9.82. The van der Waals surface area contributed by atoms with Crippen LogP contribution in [0.3, 0.4) is 0 Å². The van der Waals surface area contributed by atoms with Crippen LogP contribution in [0.1, 0.15) is 48.9 Å². The van der Waals surface area contributed by atoms with Gasteiger partial charge in [0.15, 0.2) is 0 Å². The van der Waals surface area contributed by atoms with Gasteiger partial charge >= 0.3 is 6.03 Å². The SMILES string of the molecule is COc1c(C)cnc(CNC(=O)CN2C(=O)NC3(CCCCC3)C2=O)c1C. The van der Waals surface area contributed by atoms with E-state index in [2.05, 4.69) is 15.6 Å². The van der Waals surface area contributed by atoms with Crippen molar-refractivity contribution >= 4 is 17.8 Å². The number of aryl methyl sites for hydroxylation is 1. The summed E-state index contributed by atoms with van der Waals surface area (Å²) in [5.41, 5.74) is 1.65. The Balaban J connectivity index is 1.61. The summed E-state index contributed by atoms with van der Waals surface area (Å²) in [6.07, 6.45) is 5.86. The van der Waals surface area contributed by atoms with Gasteiger partial charge in [-0.25, -0.2) is 4.79 Å². The van der Waals surface area contributed by atoms with E-state index in [0.717, 1.165) is 41.0 Å². The third-order valence-electron chi connectivity index (χ3n) is 5.46. The molecule has 1 aliphatic heterocycles. The number of hydrogen-bond donors (Lipinski definition) is 2. The number of nitrogens with one attached hydrogen (secondary N) is 2. The number of imide groups is 1. The fraction of sp³-hybridized carbons (Fsp3) is 0.579. The van der Waals surface area contributed by atoms with Crippen molar-refractivity contribution in [2.75, 3.05) is 13.7 Å². The summed E-state index contributed by atoms with van der Waals surface area (Å²) in [4.78, 5) is 42.6. The van der Waals surface area contributed by atoms with Crippen molar-refractivity contribution in [3.63, 3.8) is 0 Å². The predicted molar refractivity (Wildman–Crippen MR) is 98.2 cm³/mol. The Morgan fingerprint density at radius 3 is 2.67 bits per heavy atom. The third-order valence-corrected chi connectivity index (χ3v) is 5.46. The summed E-state index contributed by atoms with van der Waals surface area (Å²) >= 11 is 0. The minimum atomic E-state index is -0.807. The highest BCUT2D eigenvalue weighted by Crippen LogP contribution is 2.33. The fourth-order valence-electron chi connectivity index (χ4n) is 3.95.